The van der Waals surface area contributed by atoms with Gasteiger partial charge in [-0.2, -0.15) is 0 Å². The van der Waals surface area contributed by atoms with Crippen molar-refractivity contribution in [3.05, 3.63) is 61.0 Å². The number of benzene rings is 1. The summed E-state index contributed by atoms with van der Waals surface area (Å²) in [4.78, 5) is 42.2. The Hall–Kier alpha value is -3.07. The molecule has 1 aliphatic rings. The Balaban J connectivity index is 1.58. The zero-order chi connectivity index (χ0) is 20.7. The molecule has 0 spiro atoms. The summed E-state index contributed by atoms with van der Waals surface area (Å²) >= 11 is 1.57. The van der Waals surface area contributed by atoms with E-state index in [1.165, 1.54) is 34.0 Å². The van der Waals surface area contributed by atoms with Crippen LogP contribution in [-0.4, -0.2) is 20.4 Å². The molecule has 150 valence electrons. The van der Waals surface area contributed by atoms with Gasteiger partial charge in [-0.1, -0.05) is 6.92 Å². The van der Waals surface area contributed by atoms with Crippen LogP contribution in [0.2, 0.25) is 0 Å². The van der Waals surface area contributed by atoms with Crippen LogP contribution in [0.15, 0.2) is 29.3 Å². The molecule has 1 atom stereocenters. The first-order chi connectivity index (χ1) is 13.8. The van der Waals surface area contributed by atoms with Crippen molar-refractivity contribution in [2.24, 2.45) is 5.92 Å². The number of carbonyl (C=O) groups is 1. The van der Waals surface area contributed by atoms with Crippen molar-refractivity contribution >= 4 is 38.8 Å². The van der Waals surface area contributed by atoms with Gasteiger partial charge in [-0.3, -0.25) is 24.3 Å². The van der Waals surface area contributed by atoms with Crippen LogP contribution in [-0.2, 0) is 24.2 Å². The molecule has 0 aliphatic heterocycles. The molecule has 2 heterocycles. The number of nitro benzene ring substituents is 1. The highest BCUT2D eigenvalue weighted by atomic mass is 32.1. The second-order valence-corrected chi connectivity index (χ2v) is 8.60. The van der Waals surface area contributed by atoms with Crippen molar-refractivity contribution in [1.29, 1.82) is 0 Å². The lowest BCUT2D eigenvalue weighted by Gasteiger charge is -2.17. The zero-order valence-electron chi connectivity index (χ0n) is 16.1. The maximum absolute atomic E-state index is 13.0. The molecule has 1 aliphatic carbocycles. The molecule has 29 heavy (non-hydrogen) atoms. The third-order valence-electron chi connectivity index (χ3n) is 5.29. The van der Waals surface area contributed by atoms with E-state index in [1.54, 1.807) is 18.3 Å². The van der Waals surface area contributed by atoms with Gasteiger partial charge in [-0.15, -0.1) is 11.3 Å². The fraction of sp³-hybridized carbons (Fsp3) is 0.350. The average Bonchev–Trinajstić information content (AvgIpc) is 3.03. The van der Waals surface area contributed by atoms with Crippen molar-refractivity contribution in [1.82, 2.24) is 9.55 Å². The Morgan fingerprint density at radius 1 is 1.45 bits per heavy atom. The van der Waals surface area contributed by atoms with E-state index in [9.17, 15) is 19.7 Å². The number of hydrogen-bond acceptors (Lipinski definition) is 6. The molecule has 4 rings (SSSR count). The number of nitrogens with zero attached hydrogens (tertiary/aromatic N) is 3. The number of hydrogen-bond donors (Lipinski definition) is 1. The average molecular weight is 412 g/mol. The first-order valence-electron chi connectivity index (χ1n) is 9.38. The Kier molecular flexibility index (Phi) is 4.91. The minimum Gasteiger partial charge on any atom is -0.324 e. The van der Waals surface area contributed by atoms with Crippen LogP contribution < -0.4 is 10.9 Å². The van der Waals surface area contributed by atoms with Gasteiger partial charge in [0.15, 0.2) is 0 Å². The van der Waals surface area contributed by atoms with E-state index < -0.39 is 4.92 Å². The highest BCUT2D eigenvalue weighted by molar-refractivity contribution is 7.18. The number of non-ortho nitro benzene ring substituents is 1. The summed E-state index contributed by atoms with van der Waals surface area (Å²) in [6.07, 6.45) is 4.30. The molecule has 0 fully saturated rings. The van der Waals surface area contributed by atoms with Crippen LogP contribution in [0.4, 0.5) is 11.4 Å². The van der Waals surface area contributed by atoms with Gasteiger partial charge >= 0.3 is 0 Å². The minimum atomic E-state index is -0.485. The summed E-state index contributed by atoms with van der Waals surface area (Å²) in [6, 6.07) is 4.22. The third-order valence-corrected chi connectivity index (χ3v) is 6.45. The predicted octanol–water partition coefficient (Wildman–Crippen LogP) is 3.44. The third kappa shape index (κ3) is 3.65. The van der Waals surface area contributed by atoms with Gasteiger partial charge in [0.25, 0.3) is 11.2 Å². The van der Waals surface area contributed by atoms with Gasteiger partial charge in [0.2, 0.25) is 5.91 Å². The lowest BCUT2D eigenvalue weighted by Crippen LogP contribution is -2.28. The number of amides is 1. The van der Waals surface area contributed by atoms with E-state index in [4.69, 9.17) is 0 Å². The number of anilines is 1. The van der Waals surface area contributed by atoms with Crippen LogP contribution in [0.1, 0.15) is 29.3 Å². The van der Waals surface area contributed by atoms with Crippen LogP contribution in [0.25, 0.3) is 10.2 Å². The van der Waals surface area contributed by atoms with E-state index in [2.05, 4.69) is 17.2 Å². The van der Waals surface area contributed by atoms with E-state index in [-0.39, 0.29) is 23.7 Å². The molecule has 0 radical (unpaired) electrons. The monoisotopic (exact) mass is 412 g/mol. The van der Waals surface area contributed by atoms with Gasteiger partial charge in [-0.25, -0.2) is 4.98 Å². The fourth-order valence-corrected chi connectivity index (χ4v) is 5.07. The summed E-state index contributed by atoms with van der Waals surface area (Å²) in [5.41, 5.74) is 1.90. The van der Waals surface area contributed by atoms with Crippen molar-refractivity contribution < 1.29 is 9.72 Å². The number of nitrogens with one attached hydrogen (secondary N) is 1. The number of rotatable bonds is 4. The topological polar surface area (TPSA) is 107 Å². The Labute approximate surface area is 170 Å². The first kappa shape index (κ1) is 19.3. The molecule has 1 N–H and O–H groups in total. The van der Waals surface area contributed by atoms with E-state index in [1.807, 2.05) is 0 Å². The summed E-state index contributed by atoms with van der Waals surface area (Å²) in [5.74, 6) is 0.219. The fourth-order valence-electron chi connectivity index (χ4n) is 3.72. The van der Waals surface area contributed by atoms with Crippen LogP contribution in [0.3, 0.4) is 0 Å². The molecule has 0 unspecified atom stereocenters. The lowest BCUT2D eigenvalue weighted by atomic mass is 9.89. The summed E-state index contributed by atoms with van der Waals surface area (Å²) in [7, 11) is 0. The molecule has 9 heteroatoms. The molecular formula is C20H20N4O4S. The molecule has 8 nitrogen and oxygen atoms in total. The summed E-state index contributed by atoms with van der Waals surface area (Å²) in [6.45, 7) is 3.73. The van der Waals surface area contributed by atoms with Crippen molar-refractivity contribution in [2.75, 3.05) is 5.32 Å². The lowest BCUT2D eigenvalue weighted by molar-refractivity contribution is -0.384. The second-order valence-electron chi connectivity index (χ2n) is 7.51. The highest BCUT2D eigenvalue weighted by Crippen LogP contribution is 2.35. The number of aryl methyl sites for hydroxylation is 2. The Morgan fingerprint density at radius 3 is 2.97 bits per heavy atom. The molecule has 0 saturated heterocycles. The predicted molar refractivity (Wildman–Crippen MR) is 112 cm³/mol. The molecule has 0 saturated carbocycles. The second kappa shape index (κ2) is 7.40. The highest BCUT2D eigenvalue weighted by Gasteiger charge is 2.23. The standard InChI is InChI=1S/C20H20N4O4S/c1-11-3-5-14-16(7-11)29-19-18(14)20(26)23(10-21-19)9-17(25)22-15-6-4-13(24(27)28)8-12(15)2/h4,6,8,10-11H,3,5,7,9H2,1-2H3,(H,22,25)/t11-/m1/s1. The molecule has 1 aromatic carbocycles. The number of thiophene rings is 1. The summed E-state index contributed by atoms with van der Waals surface area (Å²) in [5, 5.41) is 14.2. The SMILES string of the molecule is Cc1cc([N+](=O)[O-])ccc1NC(=O)Cn1cnc2sc3c(c2c1=O)CC[C@@H](C)C3. The van der Waals surface area contributed by atoms with Gasteiger partial charge in [0.1, 0.15) is 11.4 Å². The molecule has 0 bridgehead atoms. The van der Waals surface area contributed by atoms with E-state index in [0.717, 1.165) is 29.7 Å². The molecule has 1 amide bonds. The van der Waals surface area contributed by atoms with Crippen LogP contribution >= 0.6 is 11.3 Å². The van der Waals surface area contributed by atoms with Gasteiger partial charge in [0, 0.05) is 22.7 Å². The molecule has 3 aromatic rings. The maximum Gasteiger partial charge on any atom is 0.269 e. The number of aromatic nitrogens is 2. The minimum absolute atomic E-state index is 0.0390. The normalized spacial score (nSPS) is 15.9. The molecule has 2 aromatic heterocycles. The maximum atomic E-state index is 13.0. The largest absolute Gasteiger partial charge is 0.324 e. The summed E-state index contributed by atoms with van der Waals surface area (Å²) < 4.78 is 1.32. The van der Waals surface area contributed by atoms with Crippen LogP contribution in [0.5, 0.6) is 0 Å². The zero-order valence-corrected chi connectivity index (χ0v) is 16.9. The van der Waals surface area contributed by atoms with E-state index in [0.29, 0.717) is 22.6 Å². The van der Waals surface area contributed by atoms with Gasteiger partial charge in [0.05, 0.1) is 16.6 Å². The smallest absolute Gasteiger partial charge is 0.269 e. The Bertz CT molecular complexity index is 1200. The Morgan fingerprint density at radius 2 is 2.24 bits per heavy atom. The van der Waals surface area contributed by atoms with Crippen LogP contribution in [0, 0.1) is 23.0 Å². The number of fused-ring (bicyclic) bond motifs is 3. The van der Waals surface area contributed by atoms with Crippen molar-refractivity contribution in [2.45, 2.75) is 39.7 Å². The van der Waals surface area contributed by atoms with Crippen molar-refractivity contribution in [3.63, 3.8) is 0 Å². The first-order valence-corrected chi connectivity index (χ1v) is 10.2. The number of carbonyl (C=O) groups excluding carboxylic acids is 1. The molecular weight excluding hydrogens is 392 g/mol. The van der Waals surface area contributed by atoms with E-state index >= 15 is 0 Å². The van der Waals surface area contributed by atoms with Crippen molar-refractivity contribution in [3.8, 4) is 0 Å². The van der Waals surface area contributed by atoms with Gasteiger partial charge in [-0.05, 0) is 49.3 Å². The van der Waals surface area contributed by atoms with Gasteiger partial charge < -0.3 is 5.32 Å². The quantitative estimate of drug-likeness (QED) is 0.522. The number of nitro groups is 1.